The molecule has 0 aliphatic heterocycles. The van der Waals surface area contributed by atoms with Crippen molar-refractivity contribution in [2.45, 2.75) is 0 Å². The van der Waals surface area contributed by atoms with Crippen molar-refractivity contribution in [3.05, 3.63) is 30.3 Å². The molecule has 0 aliphatic carbocycles. The Kier molecular flexibility index (Phi) is 3.49. The predicted molar refractivity (Wildman–Crippen MR) is 52.4 cm³/mol. The van der Waals surface area contributed by atoms with Gasteiger partial charge in [-0.3, -0.25) is 10.2 Å². The minimum Gasteiger partial charge on any atom is -0.306 e. The number of hydrazine groups is 1. The highest BCUT2D eigenvalue weighted by Gasteiger charge is 2.06. The van der Waals surface area contributed by atoms with Gasteiger partial charge in [0, 0.05) is 12.7 Å². The van der Waals surface area contributed by atoms with Crippen molar-refractivity contribution in [2.75, 3.05) is 12.4 Å². The molecule has 5 heteroatoms. The van der Waals surface area contributed by atoms with Gasteiger partial charge >= 0.3 is 6.03 Å². The second kappa shape index (κ2) is 4.86. The number of nitrogens with one attached hydrogen (secondary N) is 2. The molecule has 0 saturated heterocycles. The van der Waals surface area contributed by atoms with Crippen LogP contribution in [0, 0.1) is 0 Å². The van der Waals surface area contributed by atoms with Crippen molar-refractivity contribution in [3.8, 4) is 0 Å². The van der Waals surface area contributed by atoms with E-state index >= 15 is 0 Å². The molecule has 0 aliphatic rings. The Balaban J connectivity index is 2.53. The van der Waals surface area contributed by atoms with Crippen LogP contribution in [0.3, 0.4) is 0 Å². The van der Waals surface area contributed by atoms with E-state index < -0.39 is 6.03 Å². The van der Waals surface area contributed by atoms with Crippen LogP contribution in [0.1, 0.15) is 0 Å². The zero-order chi connectivity index (χ0) is 10.4. The lowest BCUT2D eigenvalue weighted by atomic mass is 10.3. The van der Waals surface area contributed by atoms with Gasteiger partial charge in [0.1, 0.15) is 0 Å². The highest BCUT2D eigenvalue weighted by atomic mass is 16.2. The van der Waals surface area contributed by atoms with Crippen LogP contribution in [0.15, 0.2) is 30.3 Å². The first-order valence-corrected chi connectivity index (χ1v) is 4.03. The molecular formula is C9H11N3O2. The van der Waals surface area contributed by atoms with Crippen molar-refractivity contribution in [1.29, 1.82) is 0 Å². The fraction of sp³-hybridized carbons (Fsp3) is 0.111. The zero-order valence-corrected chi connectivity index (χ0v) is 7.73. The first kappa shape index (κ1) is 10.0. The number of nitrogens with zero attached hydrogens (tertiary/aromatic N) is 1. The summed E-state index contributed by atoms with van der Waals surface area (Å²) < 4.78 is 0. The molecule has 3 amide bonds. The minimum atomic E-state index is -0.400. The highest BCUT2D eigenvalue weighted by molar-refractivity contribution is 5.89. The van der Waals surface area contributed by atoms with Crippen molar-refractivity contribution >= 4 is 18.1 Å². The van der Waals surface area contributed by atoms with Crippen LogP contribution in [-0.2, 0) is 4.79 Å². The summed E-state index contributed by atoms with van der Waals surface area (Å²) in [5.74, 6) is 0. The topological polar surface area (TPSA) is 61.4 Å². The van der Waals surface area contributed by atoms with Gasteiger partial charge in [-0.1, -0.05) is 18.2 Å². The maximum absolute atomic E-state index is 11.3. The molecule has 0 unspecified atom stereocenters. The molecular weight excluding hydrogens is 182 g/mol. The lowest BCUT2D eigenvalue weighted by Crippen LogP contribution is -2.41. The molecule has 0 radical (unpaired) electrons. The molecule has 74 valence electrons. The van der Waals surface area contributed by atoms with Crippen molar-refractivity contribution in [2.24, 2.45) is 0 Å². The molecule has 14 heavy (non-hydrogen) atoms. The number of hydrogen-bond donors (Lipinski definition) is 2. The molecule has 0 saturated carbocycles. The van der Waals surface area contributed by atoms with Gasteiger partial charge in [-0.2, -0.15) is 0 Å². The lowest BCUT2D eigenvalue weighted by molar-refractivity contribution is -0.112. The van der Waals surface area contributed by atoms with Gasteiger partial charge in [0.05, 0.1) is 0 Å². The summed E-state index contributed by atoms with van der Waals surface area (Å²) in [6, 6.07) is 8.58. The minimum absolute atomic E-state index is 0.400. The number of rotatable bonds is 3. The third-order valence-electron chi connectivity index (χ3n) is 1.58. The number of benzene rings is 1. The molecule has 0 aromatic heterocycles. The van der Waals surface area contributed by atoms with Crippen LogP contribution in [0.2, 0.25) is 0 Å². The van der Waals surface area contributed by atoms with E-state index in [1.807, 2.05) is 18.2 Å². The Morgan fingerprint density at radius 1 is 1.36 bits per heavy atom. The van der Waals surface area contributed by atoms with Gasteiger partial charge in [-0.05, 0) is 12.1 Å². The fourth-order valence-electron chi connectivity index (χ4n) is 0.866. The van der Waals surface area contributed by atoms with Crippen LogP contribution in [-0.4, -0.2) is 24.5 Å². The van der Waals surface area contributed by atoms with Gasteiger partial charge in [-0.25, -0.2) is 9.80 Å². The summed E-state index contributed by atoms with van der Waals surface area (Å²) in [5, 5.41) is 3.65. The first-order chi connectivity index (χ1) is 6.74. The second-order valence-corrected chi connectivity index (χ2v) is 2.60. The van der Waals surface area contributed by atoms with E-state index in [1.54, 1.807) is 12.1 Å². The zero-order valence-electron chi connectivity index (χ0n) is 7.73. The van der Waals surface area contributed by atoms with Crippen LogP contribution < -0.4 is 10.7 Å². The van der Waals surface area contributed by atoms with E-state index in [2.05, 4.69) is 10.7 Å². The summed E-state index contributed by atoms with van der Waals surface area (Å²) >= 11 is 0. The maximum Gasteiger partial charge on any atom is 0.340 e. The maximum atomic E-state index is 11.3. The van der Waals surface area contributed by atoms with E-state index in [1.165, 1.54) is 7.05 Å². The number of urea groups is 1. The Labute approximate surface area is 81.7 Å². The lowest BCUT2D eigenvalue weighted by Gasteiger charge is -2.15. The van der Waals surface area contributed by atoms with E-state index in [9.17, 15) is 9.59 Å². The van der Waals surface area contributed by atoms with Gasteiger partial charge in [0.15, 0.2) is 0 Å². The Morgan fingerprint density at radius 3 is 2.57 bits per heavy atom. The second-order valence-electron chi connectivity index (χ2n) is 2.60. The standard InChI is InChI=1S/C9H11N3O2/c1-12(10-7-13)9(14)11-8-5-3-2-4-6-8/h2-7H,1H3,(H,10,13)(H,11,14). The van der Waals surface area contributed by atoms with Gasteiger partial charge < -0.3 is 5.32 Å². The highest BCUT2D eigenvalue weighted by Crippen LogP contribution is 2.04. The first-order valence-electron chi connectivity index (χ1n) is 4.03. The normalized spacial score (nSPS) is 8.93. The molecule has 0 bridgehead atoms. The molecule has 1 aromatic carbocycles. The average Bonchev–Trinajstić information content (AvgIpc) is 2.19. The van der Waals surface area contributed by atoms with Gasteiger partial charge in [-0.15, -0.1) is 0 Å². The molecule has 0 heterocycles. The molecule has 5 nitrogen and oxygen atoms in total. The largest absolute Gasteiger partial charge is 0.340 e. The molecule has 1 rings (SSSR count). The van der Waals surface area contributed by atoms with Crippen molar-refractivity contribution in [1.82, 2.24) is 10.4 Å². The summed E-state index contributed by atoms with van der Waals surface area (Å²) in [4.78, 5) is 21.3. The third kappa shape index (κ3) is 2.78. The van der Waals surface area contributed by atoms with Crippen LogP contribution in [0.5, 0.6) is 0 Å². The van der Waals surface area contributed by atoms with Crippen LogP contribution in [0.4, 0.5) is 10.5 Å². The molecule has 0 fully saturated rings. The number of carbonyl (C=O) groups is 2. The number of amides is 3. The predicted octanol–water partition coefficient (Wildman–Crippen LogP) is 0.811. The van der Waals surface area contributed by atoms with Crippen LogP contribution in [0.25, 0.3) is 0 Å². The van der Waals surface area contributed by atoms with E-state index in [0.29, 0.717) is 12.1 Å². The van der Waals surface area contributed by atoms with Crippen molar-refractivity contribution in [3.63, 3.8) is 0 Å². The summed E-state index contributed by atoms with van der Waals surface area (Å²) in [6.07, 6.45) is 0.435. The molecule has 2 N–H and O–H groups in total. The number of hydrogen-bond acceptors (Lipinski definition) is 2. The SMILES string of the molecule is CN(NC=O)C(=O)Nc1ccccc1. The Hall–Kier alpha value is -2.04. The summed E-state index contributed by atoms with van der Waals surface area (Å²) in [7, 11) is 1.45. The molecule has 0 atom stereocenters. The summed E-state index contributed by atoms with van der Waals surface area (Å²) in [5.41, 5.74) is 2.88. The average molecular weight is 193 g/mol. The third-order valence-corrected chi connectivity index (χ3v) is 1.58. The van der Waals surface area contributed by atoms with Gasteiger partial charge in [0.2, 0.25) is 6.41 Å². The van der Waals surface area contributed by atoms with E-state index in [-0.39, 0.29) is 0 Å². The smallest absolute Gasteiger partial charge is 0.306 e. The fourth-order valence-corrected chi connectivity index (χ4v) is 0.866. The summed E-state index contributed by atoms with van der Waals surface area (Å²) in [6.45, 7) is 0. The van der Waals surface area contributed by atoms with Crippen LogP contribution >= 0.6 is 0 Å². The Bertz CT molecular complexity index is 313. The number of anilines is 1. The molecule has 0 spiro atoms. The quantitative estimate of drug-likeness (QED) is 0.551. The number of carbonyl (C=O) groups excluding carboxylic acids is 2. The van der Waals surface area contributed by atoms with E-state index in [0.717, 1.165) is 5.01 Å². The van der Waals surface area contributed by atoms with Gasteiger partial charge in [0.25, 0.3) is 0 Å². The Morgan fingerprint density at radius 2 is 2.00 bits per heavy atom. The molecule has 1 aromatic rings. The van der Waals surface area contributed by atoms with E-state index in [4.69, 9.17) is 0 Å². The monoisotopic (exact) mass is 193 g/mol. The van der Waals surface area contributed by atoms with Crippen molar-refractivity contribution < 1.29 is 9.59 Å². The number of para-hydroxylation sites is 1.